The summed E-state index contributed by atoms with van der Waals surface area (Å²) in [7, 11) is -3.05. The van der Waals surface area contributed by atoms with Gasteiger partial charge < -0.3 is 5.32 Å². The maximum Gasteiger partial charge on any atom is 0.271 e. The number of carbonyl (C=O) groups excluding carboxylic acids is 1. The van der Waals surface area contributed by atoms with Crippen LogP contribution in [-0.2, 0) is 15.3 Å². The molecule has 0 unspecified atom stereocenters. The van der Waals surface area contributed by atoms with Crippen molar-refractivity contribution >= 4 is 27.1 Å². The average Bonchev–Trinajstić information content (AvgIpc) is 2.89. The Hall–Kier alpha value is -0.950. The Balaban J connectivity index is 2.08. The first-order chi connectivity index (χ1) is 9.11. The second-order valence-corrected chi connectivity index (χ2v) is 9.56. The molecule has 1 saturated heterocycles. The third-order valence-corrected chi connectivity index (χ3v) is 7.08. The topological polar surface area (TPSA) is 76.1 Å². The fraction of sp³-hybridized carbons (Fsp3) is 0.692. The van der Waals surface area contributed by atoms with Crippen LogP contribution in [0, 0.1) is 0 Å². The predicted octanol–water partition coefficient (Wildman–Crippen LogP) is 1.75. The summed E-state index contributed by atoms with van der Waals surface area (Å²) in [5.74, 6) is -0.144. The van der Waals surface area contributed by atoms with E-state index in [9.17, 15) is 13.2 Å². The summed E-state index contributed by atoms with van der Waals surface area (Å²) < 4.78 is 23.3. The van der Waals surface area contributed by atoms with Gasteiger partial charge in [-0.25, -0.2) is 13.4 Å². The van der Waals surface area contributed by atoms with Gasteiger partial charge in [0.2, 0.25) is 0 Å². The van der Waals surface area contributed by atoms with Gasteiger partial charge in [-0.1, -0.05) is 20.8 Å². The van der Waals surface area contributed by atoms with Gasteiger partial charge in [0.25, 0.3) is 5.91 Å². The highest BCUT2D eigenvalue weighted by molar-refractivity contribution is 7.92. The van der Waals surface area contributed by atoms with Gasteiger partial charge in [0.15, 0.2) is 9.84 Å². The lowest BCUT2D eigenvalue weighted by molar-refractivity contribution is 0.0932. The van der Waals surface area contributed by atoms with E-state index in [1.807, 2.05) is 20.8 Å². The van der Waals surface area contributed by atoms with Crippen LogP contribution in [0.4, 0.5) is 0 Å². The SMILES string of the molecule is C[C@H]1[C@@H](NC(=O)c2csc(C(C)(C)C)n2)CCS1(=O)=O. The van der Waals surface area contributed by atoms with Crippen LogP contribution in [0.25, 0.3) is 0 Å². The molecule has 2 atom stereocenters. The van der Waals surface area contributed by atoms with Crippen molar-refractivity contribution in [2.45, 2.75) is 50.8 Å². The zero-order valence-corrected chi connectivity index (χ0v) is 13.8. The minimum Gasteiger partial charge on any atom is -0.347 e. The molecule has 1 aromatic rings. The third-order valence-electron chi connectivity index (χ3n) is 3.54. The van der Waals surface area contributed by atoms with E-state index in [1.165, 1.54) is 11.3 Å². The monoisotopic (exact) mass is 316 g/mol. The van der Waals surface area contributed by atoms with E-state index >= 15 is 0 Å². The number of thiazole rings is 1. The number of rotatable bonds is 2. The van der Waals surface area contributed by atoms with Crippen LogP contribution in [0.2, 0.25) is 0 Å². The molecular weight excluding hydrogens is 296 g/mol. The summed E-state index contributed by atoms with van der Waals surface area (Å²) in [6.07, 6.45) is 0.478. The van der Waals surface area contributed by atoms with Gasteiger partial charge in [0.1, 0.15) is 5.69 Å². The number of carbonyl (C=O) groups is 1. The lowest BCUT2D eigenvalue weighted by Gasteiger charge is -2.15. The number of hydrogen-bond acceptors (Lipinski definition) is 5. The Bertz CT molecular complexity index is 614. The second-order valence-electron chi connectivity index (χ2n) is 6.23. The molecule has 112 valence electrons. The molecule has 0 bridgehead atoms. The number of hydrogen-bond donors (Lipinski definition) is 1. The van der Waals surface area contributed by atoms with Crippen LogP contribution in [-0.4, -0.2) is 36.4 Å². The summed E-state index contributed by atoms with van der Waals surface area (Å²) in [5, 5.41) is 4.89. The molecule has 0 radical (unpaired) electrons. The van der Waals surface area contributed by atoms with Crippen LogP contribution in [0.1, 0.15) is 49.6 Å². The average molecular weight is 316 g/mol. The number of amides is 1. The van der Waals surface area contributed by atoms with E-state index < -0.39 is 15.1 Å². The van der Waals surface area contributed by atoms with E-state index in [0.717, 1.165) is 5.01 Å². The first kappa shape index (κ1) is 15.4. The van der Waals surface area contributed by atoms with Crippen molar-refractivity contribution in [1.29, 1.82) is 0 Å². The quantitative estimate of drug-likeness (QED) is 0.902. The standard InChI is InChI=1S/C13H20N2O3S2/c1-8-9(5-6-20(8,17)18)14-11(16)10-7-19-12(15-10)13(2,3)4/h7-9H,5-6H2,1-4H3,(H,14,16)/t8-,9-/m0/s1. The molecule has 1 amide bonds. The van der Waals surface area contributed by atoms with Crippen molar-refractivity contribution in [3.05, 3.63) is 16.1 Å². The summed E-state index contributed by atoms with van der Waals surface area (Å²) in [4.78, 5) is 16.5. The summed E-state index contributed by atoms with van der Waals surface area (Å²) in [6, 6.07) is -0.313. The van der Waals surface area contributed by atoms with Gasteiger partial charge in [-0.15, -0.1) is 11.3 Å². The smallest absolute Gasteiger partial charge is 0.271 e. The molecule has 0 aliphatic carbocycles. The van der Waals surface area contributed by atoms with Gasteiger partial charge in [-0.05, 0) is 13.3 Å². The molecule has 2 heterocycles. The van der Waals surface area contributed by atoms with E-state index in [2.05, 4.69) is 10.3 Å². The molecule has 0 saturated carbocycles. The highest BCUT2D eigenvalue weighted by Gasteiger charge is 2.37. The molecule has 0 spiro atoms. The van der Waals surface area contributed by atoms with Gasteiger partial charge >= 0.3 is 0 Å². The van der Waals surface area contributed by atoms with Crippen molar-refractivity contribution in [3.63, 3.8) is 0 Å². The normalized spacial score (nSPS) is 25.6. The zero-order chi connectivity index (χ0) is 15.1. The molecular formula is C13H20N2O3S2. The first-order valence-electron chi connectivity index (χ1n) is 6.60. The largest absolute Gasteiger partial charge is 0.347 e. The van der Waals surface area contributed by atoms with Crippen LogP contribution < -0.4 is 5.32 Å². The van der Waals surface area contributed by atoms with Crippen LogP contribution in [0.5, 0.6) is 0 Å². The summed E-state index contributed by atoms with van der Waals surface area (Å²) >= 11 is 1.45. The van der Waals surface area contributed by atoms with Crippen LogP contribution >= 0.6 is 11.3 Å². The molecule has 1 fully saturated rings. The molecule has 7 heteroatoms. The number of nitrogens with one attached hydrogen (secondary N) is 1. The maximum absolute atomic E-state index is 12.1. The van der Waals surface area contributed by atoms with Crippen molar-refractivity contribution in [3.8, 4) is 0 Å². The molecule has 1 N–H and O–H groups in total. The van der Waals surface area contributed by atoms with E-state index in [0.29, 0.717) is 12.1 Å². The molecule has 1 aromatic heterocycles. The van der Waals surface area contributed by atoms with E-state index in [1.54, 1.807) is 12.3 Å². The molecule has 0 aromatic carbocycles. The second kappa shape index (κ2) is 5.11. The molecule has 5 nitrogen and oxygen atoms in total. The van der Waals surface area contributed by atoms with Crippen molar-refractivity contribution < 1.29 is 13.2 Å². The maximum atomic E-state index is 12.1. The zero-order valence-electron chi connectivity index (χ0n) is 12.1. The lowest BCUT2D eigenvalue weighted by Crippen LogP contribution is -2.40. The Morgan fingerprint density at radius 3 is 2.55 bits per heavy atom. The minimum absolute atomic E-state index is 0.0901. The number of sulfone groups is 1. The minimum atomic E-state index is -3.05. The van der Waals surface area contributed by atoms with Gasteiger partial charge in [0.05, 0.1) is 16.0 Å². The number of nitrogens with zero attached hydrogens (tertiary/aromatic N) is 1. The Kier molecular flexibility index (Phi) is 3.94. The van der Waals surface area contributed by atoms with Crippen molar-refractivity contribution in [1.82, 2.24) is 10.3 Å². The van der Waals surface area contributed by atoms with Gasteiger partial charge in [-0.2, -0.15) is 0 Å². The molecule has 2 rings (SSSR count). The molecule has 1 aliphatic rings. The summed E-state index contributed by atoms with van der Waals surface area (Å²) in [5.41, 5.74) is 0.282. The van der Waals surface area contributed by atoms with E-state index in [-0.39, 0.29) is 23.1 Å². The Morgan fingerprint density at radius 2 is 2.10 bits per heavy atom. The summed E-state index contributed by atoms with van der Waals surface area (Å²) in [6.45, 7) is 7.77. The fourth-order valence-electron chi connectivity index (χ4n) is 2.12. The third kappa shape index (κ3) is 3.03. The van der Waals surface area contributed by atoms with Crippen LogP contribution in [0.15, 0.2) is 5.38 Å². The highest BCUT2D eigenvalue weighted by Crippen LogP contribution is 2.26. The van der Waals surface area contributed by atoms with E-state index in [4.69, 9.17) is 0 Å². The molecule has 20 heavy (non-hydrogen) atoms. The highest BCUT2D eigenvalue weighted by atomic mass is 32.2. The molecule has 1 aliphatic heterocycles. The van der Waals surface area contributed by atoms with Gasteiger partial charge in [-0.3, -0.25) is 4.79 Å². The predicted molar refractivity (Wildman–Crippen MR) is 79.9 cm³/mol. The van der Waals surface area contributed by atoms with Crippen molar-refractivity contribution in [2.75, 3.05) is 5.75 Å². The number of aromatic nitrogens is 1. The van der Waals surface area contributed by atoms with Crippen LogP contribution in [0.3, 0.4) is 0 Å². The lowest BCUT2D eigenvalue weighted by atomic mass is 9.98. The van der Waals surface area contributed by atoms with Gasteiger partial charge in [0, 0.05) is 16.8 Å². The Labute approximate surface area is 123 Å². The fourth-order valence-corrected chi connectivity index (χ4v) is 4.66. The van der Waals surface area contributed by atoms with Crippen molar-refractivity contribution in [2.24, 2.45) is 0 Å². The first-order valence-corrected chi connectivity index (χ1v) is 9.19. The Morgan fingerprint density at radius 1 is 1.45 bits per heavy atom.